The molecule has 6 rings (SSSR count). The summed E-state index contributed by atoms with van der Waals surface area (Å²) in [5.74, 6) is -0.594. The minimum absolute atomic E-state index is 0.105. The molecule has 2 aromatic carbocycles. The van der Waals surface area contributed by atoms with Crippen molar-refractivity contribution in [2.45, 2.75) is 38.5 Å². The maximum Gasteiger partial charge on any atom is 0.264 e. The lowest BCUT2D eigenvalue weighted by molar-refractivity contribution is -0.0366. The second-order valence-electron chi connectivity index (χ2n) is 10.2. The van der Waals surface area contributed by atoms with Crippen LogP contribution in [0.5, 0.6) is 0 Å². The van der Waals surface area contributed by atoms with Crippen molar-refractivity contribution in [2.24, 2.45) is 0 Å². The number of likely N-dealkylation sites (tertiary alicyclic amines) is 1. The van der Waals surface area contributed by atoms with Gasteiger partial charge in [-0.05, 0) is 72.7 Å². The highest BCUT2D eigenvalue weighted by Crippen LogP contribution is 2.30. The molecule has 7 nitrogen and oxygen atoms in total. The van der Waals surface area contributed by atoms with E-state index in [-0.39, 0.29) is 23.7 Å². The van der Waals surface area contributed by atoms with Crippen LogP contribution in [0, 0.1) is 18.6 Å². The van der Waals surface area contributed by atoms with Gasteiger partial charge in [-0.2, -0.15) is 5.10 Å². The van der Waals surface area contributed by atoms with E-state index in [9.17, 15) is 18.7 Å². The fraction of sp³-hybridized carbons (Fsp3) is 0.276. The number of fused-ring (bicyclic) bond motifs is 1. The Morgan fingerprint density at radius 2 is 1.85 bits per heavy atom. The Bertz CT molecular complexity index is 1700. The van der Waals surface area contributed by atoms with Crippen molar-refractivity contribution in [3.63, 3.8) is 0 Å². The molecule has 39 heavy (non-hydrogen) atoms. The molecule has 0 unspecified atom stereocenters. The summed E-state index contributed by atoms with van der Waals surface area (Å²) >= 11 is 1.60. The molecule has 0 bridgehead atoms. The second kappa shape index (κ2) is 10.1. The summed E-state index contributed by atoms with van der Waals surface area (Å²) in [6.07, 6.45) is 3.75. The minimum atomic E-state index is -1.08. The maximum atomic E-state index is 14.9. The standard InChI is InChI=1S/C29H27F2N5O2S/c1-19-12-26(39-16-19)20-2-3-21(25(31)13-20)15-34-10-8-29(38,9-11-34)17-35-18-32-27-24(28(35)37)14-33-36(27)23-6-4-22(30)5-7-23/h2-7,12-14,16,18,38H,8-11,15,17H2,1H3. The number of thiophene rings is 1. The third-order valence-corrected chi connectivity index (χ3v) is 8.44. The van der Waals surface area contributed by atoms with E-state index in [0.717, 1.165) is 10.4 Å². The van der Waals surface area contributed by atoms with E-state index in [1.807, 2.05) is 19.1 Å². The van der Waals surface area contributed by atoms with Crippen LogP contribution in [0.4, 0.5) is 8.78 Å². The lowest BCUT2D eigenvalue weighted by Gasteiger charge is -2.38. The summed E-state index contributed by atoms with van der Waals surface area (Å²) in [6.45, 7) is 3.75. The summed E-state index contributed by atoms with van der Waals surface area (Å²) < 4.78 is 31.1. The van der Waals surface area contributed by atoms with E-state index in [1.165, 1.54) is 39.5 Å². The SMILES string of the molecule is Cc1csc(-c2ccc(CN3CCC(O)(Cn4cnc5c(cnn5-c5ccc(F)cc5)c4=O)CC3)c(F)c2)c1. The van der Waals surface area contributed by atoms with E-state index in [4.69, 9.17) is 0 Å². The van der Waals surface area contributed by atoms with Gasteiger partial charge in [-0.25, -0.2) is 18.4 Å². The number of benzene rings is 2. The molecule has 0 saturated carbocycles. The minimum Gasteiger partial charge on any atom is -0.388 e. The molecule has 4 heterocycles. The Kier molecular flexibility index (Phi) is 6.62. The number of hydrogen-bond acceptors (Lipinski definition) is 6. The molecule has 10 heteroatoms. The van der Waals surface area contributed by atoms with E-state index in [1.54, 1.807) is 29.5 Å². The van der Waals surface area contributed by atoms with Crippen molar-refractivity contribution >= 4 is 22.4 Å². The zero-order valence-electron chi connectivity index (χ0n) is 21.3. The quantitative estimate of drug-likeness (QED) is 0.327. The summed E-state index contributed by atoms with van der Waals surface area (Å²) in [6, 6.07) is 13.2. The van der Waals surface area contributed by atoms with Crippen LogP contribution in [0.15, 0.2) is 71.2 Å². The third-order valence-electron chi connectivity index (χ3n) is 7.34. The van der Waals surface area contributed by atoms with Gasteiger partial charge < -0.3 is 5.11 Å². The lowest BCUT2D eigenvalue weighted by Crippen LogP contribution is -2.47. The van der Waals surface area contributed by atoms with Crippen LogP contribution in [0.25, 0.3) is 27.2 Å². The van der Waals surface area contributed by atoms with E-state index in [0.29, 0.717) is 54.8 Å². The molecule has 1 saturated heterocycles. The molecule has 1 N–H and O–H groups in total. The Hall–Kier alpha value is -3.73. The smallest absolute Gasteiger partial charge is 0.264 e. The fourth-order valence-electron chi connectivity index (χ4n) is 5.09. The summed E-state index contributed by atoms with van der Waals surface area (Å²) in [7, 11) is 0. The number of aliphatic hydroxyl groups is 1. The maximum absolute atomic E-state index is 14.9. The molecule has 3 aromatic heterocycles. The molecular weight excluding hydrogens is 520 g/mol. The van der Waals surface area contributed by atoms with Gasteiger partial charge in [0.25, 0.3) is 5.56 Å². The zero-order chi connectivity index (χ0) is 27.1. The van der Waals surface area contributed by atoms with Gasteiger partial charge in [0.05, 0.1) is 24.0 Å². The van der Waals surface area contributed by atoms with Crippen LogP contribution in [0.1, 0.15) is 24.0 Å². The Balaban J connectivity index is 1.12. The second-order valence-corrected chi connectivity index (χ2v) is 11.2. The van der Waals surface area contributed by atoms with Gasteiger partial charge >= 0.3 is 0 Å². The number of piperidine rings is 1. The molecule has 0 amide bonds. The highest BCUT2D eigenvalue weighted by molar-refractivity contribution is 7.13. The molecule has 5 aromatic rings. The molecular formula is C29H27F2N5O2S. The Morgan fingerprint density at radius 1 is 1.08 bits per heavy atom. The van der Waals surface area contributed by atoms with Gasteiger partial charge in [0.1, 0.15) is 23.3 Å². The van der Waals surface area contributed by atoms with Crippen LogP contribution in [-0.4, -0.2) is 48.0 Å². The first-order valence-electron chi connectivity index (χ1n) is 12.8. The number of hydrogen-bond donors (Lipinski definition) is 1. The van der Waals surface area contributed by atoms with Crippen molar-refractivity contribution in [2.75, 3.05) is 13.1 Å². The predicted octanol–water partition coefficient (Wildman–Crippen LogP) is 4.92. The van der Waals surface area contributed by atoms with Crippen LogP contribution in [-0.2, 0) is 13.1 Å². The first kappa shape index (κ1) is 25.5. The van der Waals surface area contributed by atoms with Crippen molar-refractivity contribution < 1.29 is 13.9 Å². The van der Waals surface area contributed by atoms with Crippen LogP contribution >= 0.6 is 11.3 Å². The summed E-state index contributed by atoms with van der Waals surface area (Å²) in [5, 5.41) is 17.9. The van der Waals surface area contributed by atoms with Gasteiger partial charge in [0.15, 0.2) is 5.65 Å². The monoisotopic (exact) mass is 547 g/mol. The van der Waals surface area contributed by atoms with E-state index >= 15 is 0 Å². The molecule has 0 aliphatic carbocycles. The van der Waals surface area contributed by atoms with Gasteiger partial charge in [-0.3, -0.25) is 14.3 Å². The van der Waals surface area contributed by atoms with Crippen molar-refractivity contribution in [3.8, 4) is 16.1 Å². The highest BCUT2D eigenvalue weighted by atomic mass is 32.1. The zero-order valence-corrected chi connectivity index (χ0v) is 22.2. The molecule has 1 aliphatic heterocycles. The fourth-order valence-corrected chi connectivity index (χ4v) is 5.99. The average molecular weight is 548 g/mol. The Morgan fingerprint density at radius 3 is 2.54 bits per heavy atom. The molecule has 1 fully saturated rings. The van der Waals surface area contributed by atoms with Gasteiger partial charge in [0, 0.05) is 30.1 Å². The van der Waals surface area contributed by atoms with Crippen LogP contribution < -0.4 is 5.56 Å². The topological polar surface area (TPSA) is 76.2 Å². The van der Waals surface area contributed by atoms with Crippen LogP contribution in [0.3, 0.4) is 0 Å². The van der Waals surface area contributed by atoms with Crippen molar-refractivity contribution in [1.29, 1.82) is 0 Å². The number of aryl methyl sites for hydroxylation is 1. The van der Waals surface area contributed by atoms with Gasteiger partial charge in [0.2, 0.25) is 0 Å². The molecule has 0 spiro atoms. The highest BCUT2D eigenvalue weighted by Gasteiger charge is 2.33. The van der Waals surface area contributed by atoms with Crippen molar-refractivity contribution in [1.82, 2.24) is 24.2 Å². The number of nitrogens with zero attached hydrogens (tertiary/aromatic N) is 5. The predicted molar refractivity (Wildman–Crippen MR) is 147 cm³/mol. The number of halogens is 2. The third kappa shape index (κ3) is 5.15. The molecule has 0 radical (unpaired) electrons. The first-order valence-corrected chi connectivity index (χ1v) is 13.6. The average Bonchev–Trinajstić information content (AvgIpc) is 3.56. The number of aromatic nitrogens is 4. The van der Waals surface area contributed by atoms with Gasteiger partial charge in [-0.1, -0.05) is 12.1 Å². The molecule has 0 atom stereocenters. The van der Waals surface area contributed by atoms with Gasteiger partial charge in [-0.15, -0.1) is 11.3 Å². The van der Waals surface area contributed by atoms with E-state index in [2.05, 4.69) is 26.4 Å². The van der Waals surface area contributed by atoms with Crippen LogP contribution in [0.2, 0.25) is 0 Å². The first-order chi connectivity index (χ1) is 18.8. The lowest BCUT2D eigenvalue weighted by atomic mass is 9.91. The number of rotatable bonds is 6. The van der Waals surface area contributed by atoms with E-state index < -0.39 is 5.60 Å². The summed E-state index contributed by atoms with van der Waals surface area (Å²) in [5.41, 5.74) is 2.25. The van der Waals surface area contributed by atoms with Crippen molar-refractivity contribution in [3.05, 3.63) is 99.6 Å². The molecule has 1 aliphatic rings. The molecule has 200 valence electrons. The summed E-state index contributed by atoms with van der Waals surface area (Å²) in [4.78, 5) is 20.8. The Labute approximate surface area is 227 Å². The normalized spacial score (nSPS) is 15.7. The largest absolute Gasteiger partial charge is 0.388 e.